The van der Waals surface area contributed by atoms with Crippen molar-refractivity contribution in [2.24, 2.45) is 0 Å². The van der Waals surface area contributed by atoms with Crippen molar-refractivity contribution < 1.29 is 19.0 Å². The van der Waals surface area contributed by atoms with Crippen molar-refractivity contribution in [2.45, 2.75) is 32.3 Å². The van der Waals surface area contributed by atoms with Crippen molar-refractivity contribution in [3.63, 3.8) is 0 Å². The lowest BCUT2D eigenvalue weighted by molar-refractivity contribution is 0.132. The zero-order valence-electron chi connectivity index (χ0n) is 18.7. The third-order valence-corrected chi connectivity index (χ3v) is 5.67. The van der Waals surface area contributed by atoms with Gasteiger partial charge in [-0.05, 0) is 74.9 Å². The predicted octanol–water partition coefficient (Wildman–Crippen LogP) is 5.17. The van der Waals surface area contributed by atoms with Crippen LogP contribution in [0.1, 0.15) is 29.3 Å². The van der Waals surface area contributed by atoms with Gasteiger partial charge in [-0.25, -0.2) is 9.48 Å². The molecule has 7 nitrogen and oxygen atoms in total. The van der Waals surface area contributed by atoms with E-state index in [1.807, 2.05) is 41.9 Å². The second kappa shape index (κ2) is 9.18. The predicted molar refractivity (Wildman–Crippen MR) is 123 cm³/mol. The van der Waals surface area contributed by atoms with Crippen LogP contribution in [0.2, 0.25) is 0 Å². The summed E-state index contributed by atoms with van der Waals surface area (Å²) in [5, 5.41) is 7.50. The van der Waals surface area contributed by atoms with Crippen LogP contribution in [0.4, 0.5) is 10.5 Å². The molecule has 0 saturated heterocycles. The Morgan fingerprint density at radius 1 is 0.969 bits per heavy atom. The van der Waals surface area contributed by atoms with Crippen LogP contribution in [0.15, 0.2) is 60.7 Å². The lowest BCUT2D eigenvalue weighted by Gasteiger charge is -2.15. The van der Waals surface area contributed by atoms with E-state index >= 15 is 0 Å². The van der Waals surface area contributed by atoms with E-state index in [2.05, 4.69) is 18.3 Å². The second-order valence-electron chi connectivity index (χ2n) is 7.72. The largest absolute Gasteiger partial charge is 0.497 e. The van der Waals surface area contributed by atoms with Gasteiger partial charge in [-0.2, -0.15) is 5.10 Å². The molecule has 1 N–H and O–H groups in total. The topological polar surface area (TPSA) is 74.6 Å². The van der Waals surface area contributed by atoms with Crippen LogP contribution >= 0.6 is 0 Å². The maximum absolute atomic E-state index is 12.3. The molecule has 3 aromatic rings. The van der Waals surface area contributed by atoms with Crippen molar-refractivity contribution in [1.29, 1.82) is 0 Å². The number of anilines is 1. The van der Waals surface area contributed by atoms with Crippen molar-refractivity contribution in [2.75, 3.05) is 19.5 Å². The highest BCUT2D eigenvalue weighted by Gasteiger charge is 2.28. The van der Waals surface area contributed by atoms with Gasteiger partial charge in [-0.3, -0.25) is 5.32 Å². The molecule has 1 amide bonds. The lowest BCUT2D eigenvalue weighted by atomic mass is 9.96. The fraction of sp³-hybridized carbons (Fsp3) is 0.280. The number of rotatable bonds is 6. The number of aryl methyl sites for hydroxylation is 1. The Bertz CT molecular complexity index is 1120. The molecule has 2 atom stereocenters. The summed E-state index contributed by atoms with van der Waals surface area (Å²) in [5.74, 6) is 1.68. The summed E-state index contributed by atoms with van der Waals surface area (Å²) in [6.45, 7) is 4.08. The summed E-state index contributed by atoms with van der Waals surface area (Å²) in [6, 6.07) is 14.9. The molecule has 0 unspecified atom stereocenters. The van der Waals surface area contributed by atoms with E-state index in [1.54, 1.807) is 38.5 Å². The average molecular weight is 434 g/mol. The van der Waals surface area contributed by atoms with E-state index in [0.29, 0.717) is 12.1 Å². The third kappa shape index (κ3) is 4.46. The molecule has 1 aliphatic rings. The number of benzene rings is 2. The second-order valence-corrected chi connectivity index (χ2v) is 7.72. The van der Waals surface area contributed by atoms with Gasteiger partial charge in [0, 0.05) is 22.9 Å². The first-order valence-corrected chi connectivity index (χ1v) is 10.5. The van der Waals surface area contributed by atoms with Gasteiger partial charge in [0.05, 0.1) is 25.6 Å². The molecule has 0 spiro atoms. The molecule has 166 valence electrons. The first-order valence-electron chi connectivity index (χ1n) is 10.5. The van der Waals surface area contributed by atoms with Crippen LogP contribution < -0.4 is 14.8 Å². The molecule has 0 fully saturated rings. The Kier molecular flexibility index (Phi) is 6.16. The van der Waals surface area contributed by atoms with E-state index in [-0.39, 0.29) is 12.0 Å². The first kappa shape index (κ1) is 21.5. The number of nitrogens with zero attached hydrogens (tertiary/aromatic N) is 2. The molecule has 0 bridgehead atoms. The SMILES string of the molecule is COc1ccc(NC(=O)O[C@@H]2C=C[C@H](c3c(C)nn(-c4ccc(OC)cc4)c3C)C2)cc1. The van der Waals surface area contributed by atoms with Crippen LogP contribution in [-0.2, 0) is 4.74 Å². The fourth-order valence-electron chi connectivity index (χ4n) is 4.09. The summed E-state index contributed by atoms with van der Waals surface area (Å²) in [5.41, 5.74) is 4.84. The smallest absolute Gasteiger partial charge is 0.412 e. The molecule has 1 aromatic heterocycles. The van der Waals surface area contributed by atoms with E-state index in [0.717, 1.165) is 28.6 Å². The highest BCUT2D eigenvalue weighted by molar-refractivity contribution is 5.84. The third-order valence-electron chi connectivity index (χ3n) is 5.67. The molecule has 0 radical (unpaired) electrons. The number of hydrogen-bond donors (Lipinski definition) is 1. The molecule has 0 aliphatic heterocycles. The molecular formula is C25H27N3O4. The van der Waals surface area contributed by atoms with Crippen LogP contribution in [0.3, 0.4) is 0 Å². The van der Waals surface area contributed by atoms with E-state index in [9.17, 15) is 4.79 Å². The van der Waals surface area contributed by atoms with Gasteiger partial charge in [0.1, 0.15) is 17.6 Å². The summed E-state index contributed by atoms with van der Waals surface area (Å²) in [4.78, 5) is 12.3. The quantitative estimate of drug-likeness (QED) is 0.543. The molecular weight excluding hydrogens is 406 g/mol. The molecule has 7 heteroatoms. The molecule has 4 rings (SSSR count). The number of nitrogens with one attached hydrogen (secondary N) is 1. The summed E-state index contributed by atoms with van der Waals surface area (Å²) < 4.78 is 17.9. The zero-order chi connectivity index (χ0) is 22.7. The van der Waals surface area contributed by atoms with Gasteiger partial charge in [-0.15, -0.1) is 0 Å². The number of aromatic nitrogens is 2. The lowest BCUT2D eigenvalue weighted by Crippen LogP contribution is -2.20. The maximum Gasteiger partial charge on any atom is 0.412 e. The van der Waals surface area contributed by atoms with Gasteiger partial charge < -0.3 is 14.2 Å². The average Bonchev–Trinajstić information content (AvgIpc) is 3.37. The fourth-order valence-corrected chi connectivity index (χ4v) is 4.09. The molecule has 1 aliphatic carbocycles. The number of ether oxygens (including phenoxy) is 3. The summed E-state index contributed by atoms with van der Waals surface area (Å²) in [7, 11) is 3.25. The summed E-state index contributed by atoms with van der Waals surface area (Å²) in [6.07, 6.45) is 3.96. The molecule has 0 saturated carbocycles. The van der Waals surface area contributed by atoms with Crippen molar-refractivity contribution in [3.05, 3.63) is 77.6 Å². The highest BCUT2D eigenvalue weighted by atomic mass is 16.6. The Morgan fingerprint density at radius 3 is 2.22 bits per heavy atom. The van der Waals surface area contributed by atoms with Crippen LogP contribution in [-0.4, -0.2) is 36.2 Å². The van der Waals surface area contributed by atoms with Crippen LogP contribution in [0.25, 0.3) is 5.69 Å². The standard InChI is InChI=1S/C25H27N3O4/c1-16-24(17(2)28(27-16)20-8-13-22(31-4)14-9-20)18-5-10-23(15-18)32-25(29)26-19-6-11-21(30-3)12-7-19/h5-14,18,23H,15H2,1-4H3,(H,26,29)/t18-,23+/m0/s1. The minimum absolute atomic E-state index is 0.140. The number of methoxy groups -OCH3 is 2. The number of allylic oxidation sites excluding steroid dienone is 1. The van der Waals surface area contributed by atoms with E-state index in [4.69, 9.17) is 19.3 Å². The summed E-state index contributed by atoms with van der Waals surface area (Å²) >= 11 is 0. The minimum atomic E-state index is -0.479. The Morgan fingerprint density at radius 2 is 1.59 bits per heavy atom. The van der Waals surface area contributed by atoms with Gasteiger partial charge in [0.15, 0.2) is 0 Å². The molecule has 2 aromatic carbocycles. The van der Waals surface area contributed by atoms with Crippen LogP contribution in [0.5, 0.6) is 11.5 Å². The number of hydrogen-bond acceptors (Lipinski definition) is 5. The van der Waals surface area contributed by atoms with E-state index < -0.39 is 6.09 Å². The highest BCUT2D eigenvalue weighted by Crippen LogP contribution is 2.35. The van der Waals surface area contributed by atoms with Gasteiger partial charge in [-0.1, -0.05) is 6.08 Å². The van der Waals surface area contributed by atoms with Crippen molar-refractivity contribution >= 4 is 11.8 Å². The monoisotopic (exact) mass is 433 g/mol. The number of amides is 1. The van der Waals surface area contributed by atoms with Crippen molar-refractivity contribution in [1.82, 2.24) is 9.78 Å². The molecule has 1 heterocycles. The molecule has 32 heavy (non-hydrogen) atoms. The normalized spacial score (nSPS) is 17.2. The first-order chi connectivity index (χ1) is 15.5. The number of carbonyl (C=O) groups excluding carboxylic acids is 1. The zero-order valence-corrected chi connectivity index (χ0v) is 18.7. The van der Waals surface area contributed by atoms with Gasteiger partial charge in [0.25, 0.3) is 0 Å². The maximum atomic E-state index is 12.3. The Labute approximate surface area is 187 Å². The van der Waals surface area contributed by atoms with Crippen LogP contribution in [0, 0.1) is 13.8 Å². The van der Waals surface area contributed by atoms with E-state index in [1.165, 1.54) is 5.56 Å². The number of carbonyl (C=O) groups is 1. The van der Waals surface area contributed by atoms with Crippen molar-refractivity contribution in [3.8, 4) is 17.2 Å². The Hall–Kier alpha value is -3.74. The van der Waals surface area contributed by atoms with Gasteiger partial charge >= 0.3 is 6.09 Å². The minimum Gasteiger partial charge on any atom is -0.497 e. The van der Waals surface area contributed by atoms with Gasteiger partial charge in [0.2, 0.25) is 0 Å². The Balaban J connectivity index is 1.41.